The first-order chi connectivity index (χ1) is 13.3. The third-order valence-electron chi connectivity index (χ3n) is 4.72. The summed E-state index contributed by atoms with van der Waals surface area (Å²) >= 11 is 0. The third kappa shape index (κ3) is 4.16. The molecule has 0 unspecified atom stereocenters. The van der Waals surface area contributed by atoms with Crippen molar-refractivity contribution in [3.63, 3.8) is 0 Å². The van der Waals surface area contributed by atoms with Crippen LogP contribution in [0.2, 0.25) is 0 Å². The van der Waals surface area contributed by atoms with Crippen molar-refractivity contribution in [3.8, 4) is 0 Å². The second-order valence-electron chi connectivity index (χ2n) is 8.18. The maximum atomic E-state index is 12.8. The zero-order valence-corrected chi connectivity index (χ0v) is 18.3. The molecule has 1 heterocycles. The molecule has 0 saturated carbocycles. The van der Waals surface area contributed by atoms with Crippen LogP contribution in [0, 0.1) is 5.92 Å². The Hall–Kier alpha value is -2.39. The lowest BCUT2D eigenvalue weighted by molar-refractivity contribution is -0.119. The van der Waals surface area contributed by atoms with Crippen LogP contribution in [-0.4, -0.2) is 28.5 Å². The van der Waals surface area contributed by atoms with Crippen molar-refractivity contribution in [1.82, 2.24) is 0 Å². The van der Waals surface area contributed by atoms with E-state index in [-0.39, 0.29) is 21.8 Å². The fraction of sp³-hybridized carbons (Fsp3) is 0.350. The van der Waals surface area contributed by atoms with Gasteiger partial charge in [-0.3, -0.25) is 9.52 Å². The van der Waals surface area contributed by atoms with E-state index in [4.69, 9.17) is 0 Å². The van der Waals surface area contributed by atoms with Crippen LogP contribution in [0.4, 0.5) is 11.4 Å². The minimum atomic E-state index is -3.89. The molecule has 3 rings (SSSR count). The topological polar surface area (TPSA) is 101 Å². The van der Waals surface area contributed by atoms with Gasteiger partial charge >= 0.3 is 0 Å². The van der Waals surface area contributed by atoms with Gasteiger partial charge in [-0.2, -0.15) is 0 Å². The van der Waals surface area contributed by atoms with Gasteiger partial charge in [0.1, 0.15) is 0 Å². The van der Waals surface area contributed by atoms with Gasteiger partial charge in [0.15, 0.2) is 0 Å². The number of nitrogens with one attached hydrogen (secondary N) is 1. The van der Waals surface area contributed by atoms with Crippen LogP contribution < -0.4 is 9.03 Å². The third-order valence-corrected chi connectivity index (χ3v) is 7.97. The number of anilines is 2. The molecule has 0 aromatic heterocycles. The van der Waals surface area contributed by atoms with Gasteiger partial charge < -0.3 is 0 Å². The van der Waals surface area contributed by atoms with Gasteiger partial charge in [-0.25, -0.2) is 21.1 Å². The second-order valence-corrected chi connectivity index (χ2v) is 11.7. The quantitative estimate of drug-likeness (QED) is 0.794. The lowest BCUT2D eigenvalue weighted by Crippen LogP contribution is -2.30. The van der Waals surface area contributed by atoms with E-state index in [0.717, 1.165) is 9.87 Å². The Kier molecular flexibility index (Phi) is 5.25. The Morgan fingerprint density at radius 3 is 2.14 bits per heavy atom. The molecular weight excluding hydrogens is 412 g/mol. The highest BCUT2D eigenvalue weighted by Crippen LogP contribution is 2.32. The summed E-state index contributed by atoms with van der Waals surface area (Å²) < 4.78 is 53.5. The van der Waals surface area contributed by atoms with E-state index in [9.17, 15) is 21.6 Å². The van der Waals surface area contributed by atoms with Crippen molar-refractivity contribution >= 4 is 37.3 Å². The molecule has 0 radical (unpaired) electrons. The van der Waals surface area contributed by atoms with Crippen LogP contribution >= 0.6 is 0 Å². The summed E-state index contributed by atoms with van der Waals surface area (Å²) in [7, 11) is -7.63. The largest absolute Gasteiger partial charge is 0.279 e. The summed E-state index contributed by atoms with van der Waals surface area (Å²) in [5.41, 5.74) is 1.20. The Labute approximate surface area is 171 Å². The maximum Gasteiger partial charge on any atom is 0.261 e. The highest BCUT2D eigenvalue weighted by atomic mass is 32.2. The Bertz CT molecular complexity index is 1150. The summed E-state index contributed by atoms with van der Waals surface area (Å²) in [5, 5.41) is 0. The number of hydrogen-bond acceptors (Lipinski definition) is 5. The number of carbonyl (C=O) groups excluding carboxylic acids is 1. The molecule has 1 fully saturated rings. The minimum Gasteiger partial charge on any atom is -0.279 e. The second kappa shape index (κ2) is 7.14. The average Bonchev–Trinajstić information content (AvgIpc) is 2.81. The SMILES string of the molecule is C[C@@H]1CS(=O)(=O)N(c2ccc(S(=O)(=O)Nc3ccccc3C(C)(C)C)cc2)C1=O. The van der Waals surface area contributed by atoms with Gasteiger partial charge in [-0.1, -0.05) is 45.9 Å². The van der Waals surface area contributed by atoms with E-state index in [1.807, 2.05) is 32.9 Å². The van der Waals surface area contributed by atoms with Gasteiger partial charge in [0.25, 0.3) is 10.0 Å². The van der Waals surface area contributed by atoms with E-state index in [1.165, 1.54) is 24.3 Å². The van der Waals surface area contributed by atoms with Crippen molar-refractivity contribution in [1.29, 1.82) is 0 Å². The highest BCUT2D eigenvalue weighted by molar-refractivity contribution is 7.94. The van der Waals surface area contributed by atoms with Gasteiger partial charge in [0, 0.05) is 0 Å². The van der Waals surface area contributed by atoms with E-state index in [0.29, 0.717) is 5.69 Å². The van der Waals surface area contributed by atoms with E-state index < -0.39 is 31.9 Å². The van der Waals surface area contributed by atoms with Crippen LogP contribution in [0.15, 0.2) is 53.4 Å². The molecule has 0 bridgehead atoms. The molecule has 9 heteroatoms. The molecule has 0 spiro atoms. The van der Waals surface area contributed by atoms with Crippen LogP contribution in [0.3, 0.4) is 0 Å². The Balaban J connectivity index is 1.92. The fourth-order valence-electron chi connectivity index (χ4n) is 3.28. The zero-order valence-electron chi connectivity index (χ0n) is 16.7. The number of para-hydroxylation sites is 1. The number of hydrogen-bond donors (Lipinski definition) is 1. The summed E-state index contributed by atoms with van der Waals surface area (Å²) in [6, 6.07) is 12.4. The Morgan fingerprint density at radius 2 is 1.62 bits per heavy atom. The molecule has 1 atom stereocenters. The van der Waals surface area contributed by atoms with E-state index in [1.54, 1.807) is 19.1 Å². The molecule has 1 amide bonds. The monoisotopic (exact) mass is 436 g/mol. The van der Waals surface area contributed by atoms with Crippen LogP contribution in [0.1, 0.15) is 33.3 Å². The Morgan fingerprint density at radius 1 is 1.03 bits per heavy atom. The summed E-state index contributed by atoms with van der Waals surface area (Å²) in [4.78, 5) is 12.2. The molecule has 29 heavy (non-hydrogen) atoms. The van der Waals surface area contributed by atoms with Crippen LogP contribution in [0.25, 0.3) is 0 Å². The predicted octanol–water partition coefficient (Wildman–Crippen LogP) is 3.10. The zero-order chi connectivity index (χ0) is 21.6. The summed E-state index contributed by atoms with van der Waals surface area (Å²) in [5.74, 6) is -1.39. The molecule has 0 aliphatic carbocycles. The first-order valence-corrected chi connectivity index (χ1v) is 12.2. The molecule has 1 saturated heterocycles. The predicted molar refractivity (Wildman–Crippen MR) is 113 cm³/mol. The minimum absolute atomic E-state index is 0.0259. The van der Waals surface area contributed by atoms with Crippen molar-refractivity contribution in [3.05, 3.63) is 54.1 Å². The van der Waals surface area contributed by atoms with Crippen molar-refractivity contribution < 1.29 is 21.6 Å². The van der Waals surface area contributed by atoms with Crippen molar-refractivity contribution in [2.45, 2.75) is 38.0 Å². The first-order valence-electron chi connectivity index (χ1n) is 9.12. The number of benzene rings is 2. The maximum absolute atomic E-state index is 12.8. The summed E-state index contributed by atoms with van der Waals surface area (Å²) in [6.07, 6.45) is 0. The lowest BCUT2D eigenvalue weighted by atomic mass is 9.86. The van der Waals surface area contributed by atoms with Gasteiger partial charge in [-0.05, 0) is 41.3 Å². The first kappa shape index (κ1) is 21.3. The van der Waals surface area contributed by atoms with Crippen molar-refractivity contribution in [2.24, 2.45) is 5.92 Å². The molecule has 7 nitrogen and oxygen atoms in total. The molecule has 1 N–H and O–H groups in total. The number of carbonyl (C=O) groups is 1. The van der Waals surface area contributed by atoms with Gasteiger partial charge in [0.2, 0.25) is 15.9 Å². The highest BCUT2D eigenvalue weighted by Gasteiger charge is 2.42. The summed E-state index contributed by atoms with van der Waals surface area (Å²) in [6.45, 7) is 7.52. The standard InChI is InChI=1S/C20H24N2O5S2/c1-14-13-28(24,25)22(19(14)23)15-9-11-16(12-10-15)29(26,27)21-18-8-6-5-7-17(18)20(2,3)4/h5-12,14,21H,13H2,1-4H3/t14-/m1/s1. The van der Waals surface area contributed by atoms with E-state index in [2.05, 4.69) is 4.72 Å². The smallest absolute Gasteiger partial charge is 0.261 e. The van der Waals surface area contributed by atoms with Crippen LogP contribution in [0.5, 0.6) is 0 Å². The normalized spacial score (nSPS) is 19.4. The molecule has 156 valence electrons. The molecule has 2 aromatic carbocycles. The number of amides is 1. The molecule has 1 aliphatic heterocycles. The average molecular weight is 437 g/mol. The van der Waals surface area contributed by atoms with Gasteiger partial charge in [0.05, 0.1) is 27.9 Å². The van der Waals surface area contributed by atoms with Crippen molar-refractivity contribution in [2.75, 3.05) is 14.8 Å². The number of nitrogens with zero attached hydrogens (tertiary/aromatic N) is 1. The van der Waals surface area contributed by atoms with E-state index >= 15 is 0 Å². The van der Waals surface area contributed by atoms with Crippen LogP contribution in [-0.2, 0) is 30.3 Å². The fourth-order valence-corrected chi connectivity index (χ4v) is 6.18. The molecule has 1 aliphatic rings. The molecular formula is C20H24N2O5S2. The lowest BCUT2D eigenvalue weighted by Gasteiger charge is -2.23. The number of sulfonamides is 2. The number of rotatable bonds is 4. The van der Waals surface area contributed by atoms with Gasteiger partial charge in [-0.15, -0.1) is 0 Å². The molecule has 2 aromatic rings.